The molecule has 0 saturated carbocycles. The van der Waals surface area contributed by atoms with Crippen LogP contribution in [0.3, 0.4) is 0 Å². The molecule has 0 bridgehead atoms. The number of thioether (sulfide) groups is 1. The molecule has 3 heterocycles. The predicted octanol–water partition coefficient (Wildman–Crippen LogP) is 2.92. The van der Waals surface area contributed by atoms with Gasteiger partial charge in [-0.2, -0.15) is 0 Å². The first-order chi connectivity index (χ1) is 13.6. The van der Waals surface area contributed by atoms with Crippen molar-refractivity contribution in [1.82, 2.24) is 14.7 Å². The molecular weight excluding hydrogens is 397 g/mol. The number of carbonyl (C=O) groups excluding carboxylic acids is 2. The first-order valence-corrected chi connectivity index (χ1v) is 11.3. The van der Waals surface area contributed by atoms with E-state index >= 15 is 0 Å². The van der Waals surface area contributed by atoms with E-state index in [9.17, 15) is 14.0 Å². The van der Waals surface area contributed by atoms with Gasteiger partial charge in [0.25, 0.3) is 5.91 Å². The molecule has 148 valence electrons. The van der Waals surface area contributed by atoms with Gasteiger partial charge in [-0.15, -0.1) is 23.1 Å². The molecule has 1 aromatic heterocycles. The Bertz CT molecular complexity index is 820. The highest BCUT2D eigenvalue weighted by atomic mass is 32.2. The van der Waals surface area contributed by atoms with Gasteiger partial charge in [0, 0.05) is 39.3 Å². The molecule has 2 amide bonds. The summed E-state index contributed by atoms with van der Waals surface area (Å²) in [7, 11) is 0. The lowest BCUT2D eigenvalue weighted by atomic mass is 10.2. The molecule has 2 aromatic rings. The van der Waals surface area contributed by atoms with E-state index in [0.29, 0.717) is 25.4 Å². The van der Waals surface area contributed by atoms with E-state index in [0.717, 1.165) is 30.1 Å². The molecule has 1 atom stereocenters. The van der Waals surface area contributed by atoms with Gasteiger partial charge in [-0.05, 0) is 29.1 Å². The van der Waals surface area contributed by atoms with Crippen molar-refractivity contribution >= 4 is 34.9 Å². The number of amides is 2. The minimum atomic E-state index is -0.264. The number of hydrogen-bond acceptors (Lipinski definition) is 5. The number of nitrogens with zero attached hydrogens (tertiary/aromatic N) is 3. The summed E-state index contributed by atoms with van der Waals surface area (Å²) in [4.78, 5) is 31.7. The third-order valence-electron chi connectivity index (χ3n) is 5.17. The summed E-state index contributed by atoms with van der Waals surface area (Å²) in [6.45, 7) is 4.47. The second-order valence-corrected chi connectivity index (χ2v) is 8.93. The van der Waals surface area contributed by atoms with Gasteiger partial charge in [-0.1, -0.05) is 18.2 Å². The fourth-order valence-electron chi connectivity index (χ4n) is 3.58. The highest BCUT2D eigenvalue weighted by molar-refractivity contribution is 8.00. The van der Waals surface area contributed by atoms with Crippen molar-refractivity contribution in [3.8, 4) is 0 Å². The zero-order valence-corrected chi connectivity index (χ0v) is 17.1. The van der Waals surface area contributed by atoms with Crippen molar-refractivity contribution in [3.05, 3.63) is 58.0 Å². The van der Waals surface area contributed by atoms with Gasteiger partial charge in [-0.25, -0.2) is 4.39 Å². The van der Waals surface area contributed by atoms with Crippen molar-refractivity contribution in [2.45, 2.75) is 5.37 Å². The highest BCUT2D eigenvalue weighted by Crippen LogP contribution is 2.38. The lowest BCUT2D eigenvalue weighted by Gasteiger charge is -2.36. The van der Waals surface area contributed by atoms with E-state index in [2.05, 4.69) is 4.90 Å². The number of hydrogen-bond donors (Lipinski definition) is 0. The summed E-state index contributed by atoms with van der Waals surface area (Å²) >= 11 is 3.07. The van der Waals surface area contributed by atoms with E-state index in [1.807, 2.05) is 27.3 Å². The van der Waals surface area contributed by atoms with Crippen LogP contribution < -0.4 is 0 Å². The average molecular weight is 420 g/mol. The molecule has 1 aromatic carbocycles. The van der Waals surface area contributed by atoms with Crippen molar-refractivity contribution in [1.29, 1.82) is 0 Å². The standard InChI is InChI=1S/C20H22FN3O2S2/c21-16-5-3-15(4-6-16)20-24(18(25)14-28-20)12-9-22-7-10-23(11-8-22)19(26)17-2-1-13-27-17/h1-6,13,20H,7-12,14H2. The van der Waals surface area contributed by atoms with Gasteiger partial charge in [0.05, 0.1) is 10.6 Å². The van der Waals surface area contributed by atoms with Gasteiger partial charge in [-0.3, -0.25) is 14.5 Å². The Kier molecular flexibility index (Phi) is 5.99. The van der Waals surface area contributed by atoms with Crippen LogP contribution in [-0.4, -0.2) is 71.5 Å². The number of rotatable bonds is 5. The second kappa shape index (κ2) is 8.63. The Morgan fingerprint density at radius 3 is 2.50 bits per heavy atom. The fraction of sp³-hybridized carbons (Fsp3) is 0.400. The number of thiophene rings is 1. The molecule has 2 aliphatic heterocycles. The molecule has 8 heteroatoms. The maximum Gasteiger partial charge on any atom is 0.264 e. The summed E-state index contributed by atoms with van der Waals surface area (Å²) < 4.78 is 13.2. The van der Waals surface area contributed by atoms with Crippen LogP contribution in [0.4, 0.5) is 4.39 Å². The van der Waals surface area contributed by atoms with Crippen LogP contribution in [0.15, 0.2) is 41.8 Å². The van der Waals surface area contributed by atoms with Crippen molar-refractivity contribution in [3.63, 3.8) is 0 Å². The quantitative estimate of drug-likeness (QED) is 0.748. The van der Waals surface area contributed by atoms with Gasteiger partial charge < -0.3 is 9.80 Å². The molecule has 28 heavy (non-hydrogen) atoms. The normalized spacial score (nSPS) is 20.8. The zero-order valence-electron chi connectivity index (χ0n) is 15.4. The molecule has 4 rings (SSSR count). The van der Waals surface area contributed by atoms with Crippen LogP contribution in [0.1, 0.15) is 20.6 Å². The maximum absolute atomic E-state index is 13.2. The molecule has 0 N–H and O–H groups in total. The Morgan fingerprint density at radius 2 is 1.82 bits per heavy atom. The van der Waals surface area contributed by atoms with Gasteiger partial charge in [0.15, 0.2) is 0 Å². The summed E-state index contributed by atoms with van der Waals surface area (Å²) in [5.41, 5.74) is 0.962. The SMILES string of the molecule is O=C(c1cccs1)N1CCN(CCN2C(=O)CSC2c2ccc(F)cc2)CC1. The molecule has 0 radical (unpaired) electrons. The van der Waals surface area contributed by atoms with Crippen molar-refractivity contribution in [2.75, 3.05) is 45.0 Å². The lowest BCUT2D eigenvalue weighted by molar-refractivity contribution is -0.128. The largest absolute Gasteiger partial charge is 0.335 e. The highest BCUT2D eigenvalue weighted by Gasteiger charge is 2.33. The first kappa shape index (κ1) is 19.4. The molecule has 0 aliphatic carbocycles. The van der Waals surface area contributed by atoms with E-state index < -0.39 is 0 Å². The van der Waals surface area contributed by atoms with Crippen LogP contribution >= 0.6 is 23.1 Å². The van der Waals surface area contributed by atoms with Gasteiger partial charge in [0.2, 0.25) is 5.91 Å². The summed E-state index contributed by atoms with van der Waals surface area (Å²) in [6.07, 6.45) is 0. The Hall–Kier alpha value is -1.90. The number of carbonyl (C=O) groups is 2. The predicted molar refractivity (Wildman–Crippen MR) is 110 cm³/mol. The summed E-state index contributed by atoms with van der Waals surface area (Å²) in [6, 6.07) is 10.2. The topological polar surface area (TPSA) is 43.9 Å². The van der Waals surface area contributed by atoms with Crippen LogP contribution in [0.5, 0.6) is 0 Å². The Balaban J connectivity index is 1.30. The molecule has 1 unspecified atom stereocenters. The molecule has 2 fully saturated rings. The summed E-state index contributed by atoms with van der Waals surface area (Å²) in [5, 5.41) is 1.88. The van der Waals surface area contributed by atoms with E-state index in [4.69, 9.17) is 0 Å². The summed E-state index contributed by atoms with van der Waals surface area (Å²) in [5.74, 6) is 0.438. The van der Waals surface area contributed by atoms with E-state index in [-0.39, 0.29) is 23.0 Å². The third kappa shape index (κ3) is 4.24. The second-order valence-electron chi connectivity index (χ2n) is 6.91. The van der Waals surface area contributed by atoms with E-state index in [1.54, 1.807) is 23.9 Å². The number of piperazine rings is 1. The molecular formula is C20H22FN3O2S2. The van der Waals surface area contributed by atoms with Crippen LogP contribution in [0, 0.1) is 5.82 Å². The minimum Gasteiger partial charge on any atom is -0.335 e. The third-order valence-corrected chi connectivity index (χ3v) is 7.29. The van der Waals surface area contributed by atoms with Gasteiger partial charge >= 0.3 is 0 Å². The fourth-order valence-corrected chi connectivity index (χ4v) is 5.49. The first-order valence-electron chi connectivity index (χ1n) is 9.33. The monoisotopic (exact) mass is 419 g/mol. The zero-order chi connectivity index (χ0) is 19.5. The van der Waals surface area contributed by atoms with Crippen LogP contribution in [0.2, 0.25) is 0 Å². The van der Waals surface area contributed by atoms with Crippen LogP contribution in [-0.2, 0) is 4.79 Å². The average Bonchev–Trinajstić information content (AvgIpc) is 3.37. The molecule has 2 aliphatic rings. The lowest BCUT2D eigenvalue weighted by Crippen LogP contribution is -2.50. The smallest absolute Gasteiger partial charge is 0.264 e. The molecule has 0 spiro atoms. The Labute approximate surface area is 172 Å². The van der Waals surface area contributed by atoms with E-state index in [1.165, 1.54) is 23.5 Å². The number of benzene rings is 1. The minimum absolute atomic E-state index is 0.0465. The maximum atomic E-state index is 13.2. The van der Waals surface area contributed by atoms with Gasteiger partial charge in [0.1, 0.15) is 11.2 Å². The molecule has 5 nitrogen and oxygen atoms in total. The van der Waals surface area contributed by atoms with Crippen LogP contribution in [0.25, 0.3) is 0 Å². The van der Waals surface area contributed by atoms with Crippen molar-refractivity contribution < 1.29 is 14.0 Å². The Morgan fingerprint density at radius 1 is 1.07 bits per heavy atom. The number of halogens is 1. The van der Waals surface area contributed by atoms with Crippen molar-refractivity contribution in [2.24, 2.45) is 0 Å². The molecule has 2 saturated heterocycles.